The van der Waals surface area contributed by atoms with Crippen LogP contribution < -0.4 is 10.6 Å². The quantitative estimate of drug-likeness (QED) is 0.773. The molecule has 5 heteroatoms. The fourth-order valence-corrected chi connectivity index (χ4v) is 1.79. The van der Waals surface area contributed by atoms with Gasteiger partial charge in [-0.2, -0.15) is 0 Å². The Morgan fingerprint density at radius 1 is 1.29 bits per heavy atom. The number of carbonyl (C=O) groups is 2. The van der Waals surface area contributed by atoms with Crippen molar-refractivity contribution in [2.45, 2.75) is 12.5 Å². The second-order valence-electron chi connectivity index (χ2n) is 4.09. The number of amides is 3. The molecule has 0 aromatic heterocycles. The molecule has 1 aliphatic heterocycles. The highest BCUT2D eigenvalue weighted by Crippen LogP contribution is 2.06. The normalized spacial score (nSPS) is 20.5. The molecule has 0 spiro atoms. The van der Waals surface area contributed by atoms with Crippen LogP contribution in [0, 0.1) is 0 Å². The zero-order valence-corrected chi connectivity index (χ0v) is 9.64. The zero-order chi connectivity index (χ0) is 12.3. The lowest BCUT2D eigenvalue weighted by Crippen LogP contribution is -2.44. The number of hydrogen-bond acceptors (Lipinski definition) is 2. The number of urea groups is 1. The van der Waals surface area contributed by atoms with E-state index in [0.29, 0.717) is 6.42 Å². The molecule has 1 heterocycles. The first kappa shape index (κ1) is 11.4. The minimum absolute atomic E-state index is 0.0767. The van der Waals surface area contributed by atoms with E-state index in [9.17, 15) is 9.59 Å². The number of likely N-dealkylation sites (N-methyl/N-ethyl adjacent to an activating group) is 1. The van der Waals surface area contributed by atoms with Crippen LogP contribution in [0.15, 0.2) is 30.3 Å². The lowest BCUT2D eigenvalue weighted by molar-refractivity contribution is -0.131. The van der Waals surface area contributed by atoms with Crippen molar-refractivity contribution in [3.63, 3.8) is 0 Å². The lowest BCUT2D eigenvalue weighted by Gasteiger charge is -2.18. The topological polar surface area (TPSA) is 61.4 Å². The van der Waals surface area contributed by atoms with Crippen molar-refractivity contribution >= 4 is 11.9 Å². The highest BCUT2D eigenvalue weighted by molar-refractivity contribution is 5.89. The Kier molecular flexibility index (Phi) is 3.27. The van der Waals surface area contributed by atoms with Gasteiger partial charge in [0.15, 0.2) is 0 Å². The van der Waals surface area contributed by atoms with Crippen molar-refractivity contribution in [3.05, 3.63) is 35.9 Å². The summed E-state index contributed by atoms with van der Waals surface area (Å²) in [4.78, 5) is 24.8. The van der Waals surface area contributed by atoms with E-state index in [-0.39, 0.29) is 18.6 Å². The van der Waals surface area contributed by atoms with Crippen LogP contribution in [0.2, 0.25) is 0 Å². The molecule has 0 bridgehead atoms. The van der Waals surface area contributed by atoms with Crippen LogP contribution in [0.1, 0.15) is 5.56 Å². The summed E-state index contributed by atoms with van der Waals surface area (Å²) < 4.78 is 0. The Morgan fingerprint density at radius 3 is 2.71 bits per heavy atom. The molecule has 1 fully saturated rings. The number of benzene rings is 1. The molecule has 5 nitrogen and oxygen atoms in total. The predicted molar refractivity (Wildman–Crippen MR) is 63.2 cm³/mol. The van der Waals surface area contributed by atoms with Gasteiger partial charge in [0.1, 0.15) is 6.04 Å². The Bertz CT molecular complexity index is 419. The molecule has 1 atom stereocenters. The first-order chi connectivity index (χ1) is 8.16. The standard InChI is InChI=1S/C12H15N3O2/c1-15-8-13-12(17)14-10(11(15)16)7-9-5-3-2-4-6-9/h2-6,10H,7-8H2,1H3,(H2,13,14,17)/t10-/m1/s1. The van der Waals surface area contributed by atoms with Crippen molar-refractivity contribution in [2.24, 2.45) is 0 Å². The summed E-state index contributed by atoms with van der Waals surface area (Å²) in [5.41, 5.74) is 1.03. The number of rotatable bonds is 2. The maximum Gasteiger partial charge on any atom is 0.316 e. The Hall–Kier alpha value is -2.04. The van der Waals surface area contributed by atoms with Gasteiger partial charge in [0.25, 0.3) is 0 Å². The molecule has 2 N–H and O–H groups in total. The fraction of sp³-hybridized carbons (Fsp3) is 0.333. The van der Waals surface area contributed by atoms with E-state index in [1.165, 1.54) is 4.90 Å². The van der Waals surface area contributed by atoms with Gasteiger partial charge in [0.05, 0.1) is 6.67 Å². The molecule has 0 unspecified atom stereocenters. The van der Waals surface area contributed by atoms with E-state index in [1.807, 2.05) is 30.3 Å². The molecular weight excluding hydrogens is 218 g/mol. The van der Waals surface area contributed by atoms with Crippen LogP contribution in [-0.4, -0.2) is 36.6 Å². The van der Waals surface area contributed by atoms with Crippen molar-refractivity contribution in [3.8, 4) is 0 Å². The van der Waals surface area contributed by atoms with Gasteiger partial charge in [0.2, 0.25) is 5.91 Å². The monoisotopic (exact) mass is 233 g/mol. The lowest BCUT2D eigenvalue weighted by atomic mass is 10.1. The molecule has 17 heavy (non-hydrogen) atoms. The zero-order valence-electron chi connectivity index (χ0n) is 9.64. The SMILES string of the molecule is CN1CNC(=O)N[C@H](Cc2ccccc2)C1=O. The second-order valence-corrected chi connectivity index (χ2v) is 4.09. The number of carbonyl (C=O) groups excluding carboxylic acids is 2. The van der Waals surface area contributed by atoms with Crippen LogP contribution in [0.5, 0.6) is 0 Å². The maximum atomic E-state index is 12.0. The smallest absolute Gasteiger partial charge is 0.316 e. The minimum atomic E-state index is -0.495. The van der Waals surface area contributed by atoms with Gasteiger partial charge >= 0.3 is 6.03 Å². The molecule has 0 radical (unpaired) electrons. The van der Waals surface area contributed by atoms with Gasteiger partial charge < -0.3 is 15.5 Å². The summed E-state index contributed by atoms with van der Waals surface area (Å²) in [6, 6.07) is 8.84. The van der Waals surface area contributed by atoms with Crippen molar-refractivity contribution < 1.29 is 9.59 Å². The van der Waals surface area contributed by atoms with Crippen LogP contribution >= 0.6 is 0 Å². The van der Waals surface area contributed by atoms with Crippen molar-refractivity contribution in [1.29, 1.82) is 0 Å². The Labute approximate surface area is 99.8 Å². The average Bonchev–Trinajstić information content (AvgIpc) is 2.45. The van der Waals surface area contributed by atoms with Crippen LogP contribution in [0.4, 0.5) is 4.79 Å². The van der Waals surface area contributed by atoms with Crippen molar-refractivity contribution in [2.75, 3.05) is 13.7 Å². The van der Waals surface area contributed by atoms with E-state index < -0.39 is 6.04 Å². The number of hydrogen-bond donors (Lipinski definition) is 2. The van der Waals surface area contributed by atoms with Gasteiger partial charge in [-0.3, -0.25) is 4.79 Å². The van der Waals surface area contributed by atoms with E-state index in [2.05, 4.69) is 10.6 Å². The number of nitrogens with one attached hydrogen (secondary N) is 2. The van der Waals surface area contributed by atoms with E-state index in [4.69, 9.17) is 0 Å². The second kappa shape index (κ2) is 4.86. The van der Waals surface area contributed by atoms with E-state index >= 15 is 0 Å². The largest absolute Gasteiger partial charge is 0.326 e. The summed E-state index contributed by atoms with van der Waals surface area (Å²) >= 11 is 0. The first-order valence-corrected chi connectivity index (χ1v) is 5.50. The summed E-state index contributed by atoms with van der Waals surface area (Å²) in [5.74, 6) is -0.0767. The summed E-state index contributed by atoms with van der Waals surface area (Å²) in [6.45, 7) is 0.246. The van der Waals surface area contributed by atoms with Gasteiger partial charge in [-0.05, 0) is 5.56 Å². The molecule has 1 aromatic rings. The highest BCUT2D eigenvalue weighted by Gasteiger charge is 2.27. The predicted octanol–water partition coefficient (Wildman–Crippen LogP) is 0.326. The summed E-state index contributed by atoms with van der Waals surface area (Å²) in [5, 5.41) is 5.26. The third-order valence-electron chi connectivity index (χ3n) is 2.74. The fourth-order valence-electron chi connectivity index (χ4n) is 1.79. The van der Waals surface area contributed by atoms with Crippen LogP contribution in [0.3, 0.4) is 0 Å². The van der Waals surface area contributed by atoms with Gasteiger partial charge in [-0.25, -0.2) is 4.79 Å². The molecule has 0 saturated carbocycles. The maximum absolute atomic E-state index is 12.0. The number of nitrogens with zero attached hydrogens (tertiary/aromatic N) is 1. The molecule has 1 saturated heterocycles. The van der Waals surface area contributed by atoms with Gasteiger partial charge in [-0.15, -0.1) is 0 Å². The Morgan fingerprint density at radius 2 is 2.00 bits per heavy atom. The molecule has 1 aromatic carbocycles. The van der Waals surface area contributed by atoms with E-state index in [0.717, 1.165) is 5.56 Å². The van der Waals surface area contributed by atoms with Gasteiger partial charge in [0, 0.05) is 13.5 Å². The molecule has 3 amide bonds. The highest BCUT2D eigenvalue weighted by atomic mass is 16.2. The van der Waals surface area contributed by atoms with Crippen LogP contribution in [0.25, 0.3) is 0 Å². The van der Waals surface area contributed by atoms with Crippen LogP contribution in [-0.2, 0) is 11.2 Å². The Balaban J connectivity index is 2.12. The summed E-state index contributed by atoms with van der Waals surface area (Å²) in [7, 11) is 1.67. The average molecular weight is 233 g/mol. The molecule has 1 aliphatic rings. The molecule has 2 rings (SSSR count). The summed E-state index contributed by atoms with van der Waals surface area (Å²) in [6.07, 6.45) is 0.511. The van der Waals surface area contributed by atoms with Crippen molar-refractivity contribution in [1.82, 2.24) is 15.5 Å². The minimum Gasteiger partial charge on any atom is -0.326 e. The van der Waals surface area contributed by atoms with Gasteiger partial charge in [-0.1, -0.05) is 30.3 Å². The molecule has 0 aliphatic carbocycles. The molecular formula is C12H15N3O2. The first-order valence-electron chi connectivity index (χ1n) is 5.50. The van der Waals surface area contributed by atoms with E-state index in [1.54, 1.807) is 7.05 Å². The molecule has 90 valence electrons. The third kappa shape index (κ3) is 2.75. The third-order valence-corrected chi connectivity index (χ3v) is 2.74.